The number of carbonyl (C=O) groups excluding carboxylic acids is 2. The van der Waals surface area contributed by atoms with Gasteiger partial charge in [0.2, 0.25) is 5.92 Å². The lowest BCUT2D eigenvalue weighted by Crippen LogP contribution is -2.51. The normalized spacial score (nSPS) is 18.9. The molecule has 0 bridgehead atoms. The molecule has 0 saturated heterocycles. The van der Waals surface area contributed by atoms with Gasteiger partial charge in [-0.25, -0.2) is 13.6 Å². The molecule has 0 spiro atoms. The maximum absolute atomic E-state index is 13.4. The van der Waals surface area contributed by atoms with E-state index in [0.29, 0.717) is 0 Å². The van der Waals surface area contributed by atoms with Crippen molar-refractivity contribution in [1.82, 2.24) is 5.32 Å². The van der Waals surface area contributed by atoms with Gasteiger partial charge >= 0.3 is 12.1 Å². The van der Waals surface area contributed by atoms with E-state index in [2.05, 4.69) is 21.2 Å². The van der Waals surface area contributed by atoms with Crippen LogP contribution >= 0.6 is 15.9 Å². The van der Waals surface area contributed by atoms with Crippen molar-refractivity contribution >= 4 is 33.8 Å². The van der Waals surface area contributed by atoms with Crippen molar-refractivity contribution in [3.8, 4) is 0 Å². The van der Waals surface area contributed by atoms with Crippen LogP contribution in [0.3, 0.4) is 0 Å². The largest absolute Gasteiger partial charge is 0.480 e. The third-order valence-electron chi connectivity index (χ3n) is 4.49. The average molecular weight is 448 g/mol. The molecule has 2 rings (SSSR count). The van der Waals surface area contributed by atoms with Crippen molar-refractivity contribution in [1.29, 1.82) is 0 Å². The Morgan fingerprint density at radius 1 is 1.22 bits per heavy atom. The zero-order valence-corrected chi connectivity index (χ0v) is 16.0. The highest BCUT2D eigenvalue weighted by Crippen LogP contribution is 2.38. The first-order valence-electron chi connectivity index (χ1n) is 8.45. The molecule has 27 heavy (non-hydrogen) atoms. The second-order valence-corrected chi connectivity index (χ2v) is 7.40. The van der Waals surface area contributed by atoms with Gasteiger partial charge in [-0.05, 0) is 24.3 Å². The minimum atomic E-state index is -2.81. The van der Waals surface area contributed by atoms with Gasteiger partial charge in [0, 0.05) is 12.8 Å². The minimum absolute atomic E-state index is 0.00170. The Balaban J connectivity index is 2.03. The molecule has 1 aliphatic rings. The molecule has 0 radical (unpaired) electrons. The number of carbonyl (C=O) groups is 3. The van der Waals surface area contributed by atoms with Crippen molar-refractivity contribution in [2.24, 2.45) is 5.92 Å². The molecule has 0 heterocycles. The molecule has 1 aliphatic carbocycles. The maximum atomic E-state index is 13.4. The number of aliphatic carboxylic acids is 1. The number of alkyl halides is 3. The minimum Gasteiger partial charge on any atom is -0.480 e. The number of amides is 1. The fourth-order valence-corrected chi connectivity index (χ4v) is 3.27. The number of ether oxygens (including phenoxy) is 1. The highest BCUT2D eigenvalue weighted by molar-refractivity contribution is 9.10. The van der Waals surface area contributed by atoms with Crippen molar-refractivity contribution in [3.05, 3.63) is 35.9 Å². The highest BCUT2D eigenvalue weighted by Gasteiger charge is 2.42. The molecule has 1 aromatic rings. The van der Waals surface area contributed by atoms with Gasteiger partial charge in [-0.3, -0.25) is 9.59 Å². The van der Waals surface area contributed by atoms with E-state index in [-0.39, 0.29) is 19.4 Å². The zero-order chi connectivity index (χ0) is 20.0. The summed E-state index contributed by atoms with van der Waals surface area (Å²) in [5.41, 5.74) is 0.733. The number of hydrogen-bond acceptors (Lipinski definition) is 4. The Kier molecular flexibility index (Phi) is 7.29. The molecule has 148 valence electrons. The topological polar surface area (TPSA) is 92.7 Å². The fraction of sp³-hybridized carbons (Fsp3) is 0.500. The Bertz CT molecular complexity index is 676. The lowest BCUT2D eigenvalue weighted by atomic mass is 9.80. The summed E-state index contributed by atoms with van der Waals surface area (Å²) in [5.74, 6) is -5.60. The van der Waals surface area contributed by atoms with E-state index in [1.807, 2.05) is 0 Å². The predicted octanol–water partition coefficient (Wildman–Crippen LogP) is 3.52. The number of rotatable bonds is 7. The van der Waals surface area contributed by atoms with Gasteiger partial charge in [0.05, 0.1) is 6.04 Å². The van der Waals surface area contributed by atoms with Crippen molar-refractivity contribution in [2.75, 3.05) is 0 Å². The first-order valence-corrected chi connectivity index (χ1v) is 9.37. The van der Waals surface area contributed by atoms with Crippen LogP contribution in [0.4, 0.5) is 13.6 Å². The van der Waals surface area contributed by atoms with E-state index in [1.165, 1.54) is 0 Å². The maximum Gasteiger partial charge on any atom is 0.408 e. The van der Waals surface area contributed by atoms with Crippen LogP contribution < -0.4 is 5.32 Å². The standard InChI is InChI=1S/C18H20BrF2NO5/c19-13(16(24)25)15(23)14(12-6-8-18(20,21)9-7-12)22-17(26)27-10-11-4-2-1-3-5-11/h1-5,12-14H,6-10H2,(H,22,26)(H,24,25)/t13?,14-/m0/s1. The number of benzene rings is 1. The number of Topliss-reactive ketones (excluding diaryl/α,β-unsaturated/α-hetero) is 1. The molecule has 0 aromatic heterocycles. The molecule has 1 saturated carbocycles. The van der Waals surface area contributed by atoms with Gasteiger partial charge in [-0.1, -0.05) is 46.3 Å². The van der Waals surface area contributed by atoms with E-state index in [1.54, 1.807) is 30.3 Å². The summed E-state index contributed by atoms with van der Waals surface area (Å²) in [6.07, 6.45) is -1.73. The third kappa shape index (κ3) is 6.27. The third-order valence-corrected chi connectivity index (χ3v) is 5.34. The number of hydrogen-bond donors (Lipinski definition) is 2. The van der Waals surface area contributed by atoms with Crippen LogP contribution in [0.1, 0.15) is 31.2 Å². The highest BCUT2D eigenvalue weighted by atomic mass is 79.9. The predicted molar refractivity (Wildman–Crippen MR) is 95.8 cm³/mol. The van der Waals surface area contributed by atoms with Gasteiger partial charge in [-0.2, -0.15) is 0 Å². The number of carboxylic acids is 1. The van der Waals surface area contributed by atoms with Gasteiger partial charge in [-0.15, -0.1) is 0 Å². The van der Waals surface area contributed by atoms with Crippen LogP contribution in [-0.4, -0.2) is 39.7 Å². The van der Waals surface area contributed by atoms with Gasteiger partial charge < -0.3 is 15.2 Å². The van der Waals surface area contributed by atoms with Crippen LogP contribution in [0.15, 0.2) is 30.3 Å². The quantitative estimate of drug-likeness (QED) is 0.492. The van der Waals surface area contributed by atoms with Crippen molar-refractivity contribution < 1.29 is 33.0 Å². The van der Waals surface area contributed by atoms with Gasteiger partial charge in [0.15, 0.2) is 10.6 Å². The Labute approximate surface area is 163 Å². The first kappa shape index (κ1) is 21.3. The van der Waals surface area contributed by atoms with Crippen molar-refractivity contribution in [3.63, 3.8) is 0 Å². The number of halogens is 3. The second-order valence-electron chi connectivity index (χ2n) is 6.48. The van der Waals surface area contributed by atoms with Crippen LogP contribution in [-0.2, 0) is 20.9 Å². The molecule has 6 nitrogen and oxygen atoms in total. The van der Waals surface area contributed by atoms with E-state index in [9.17, 15) is 23.2 Å². The Hall–Kier alpha value is -2.03. The average Bonchev–Trinajstić information content (AvgIpc) is 2.64. The molecule has 9 heteroatoms. The van der Waals surface area contributed by atoms with Crippen molar-refractivity contribution in [2.45, 2.75) is 49.1 Å². The monoisotopic (exact) mass is 447 g/mol. The summed E-state index contributed by atoms with van der Waals surface area (Å²) in [6, 6.07) is 7.63. The lowest BCUT2D eigenvalue weighted by Gasteiger charge is -2.33. The number of carboxylic acid groups (broad SMARTS) is 1. The summed E-state index contributed by atoms with van der Waals surface area (Å²) in [7, 11) is 0. The van der Waals surface area contributed by atoms with Crippen LogP contribution in [0.25, 0.3) is 0 Å². The molecular formula is C18H20BrF2NO5. The zero-order valence-electron chi connectivity index (χ0n) is 14.4. The van der Waals surface area contributed by atoms with E-state index in [0.717, 1.165) is 5.56 Å². The van der Waals surface area contributed by atoms with Crippen LogP contribution in [0.5, 0.6) is 0 Å². The Morgan fingerprint density at radius 3 is 2.37 bits per heavy atom. The fourth-order valence-electron chi connectivity index (χ4n) is 2.99. The molecule has 2 atom stereocenters. The number of nitrogens with one attached hydrogen (secondary N) is 1. The second kappa shape index (κ2) is 9.25. The van der Waals surface area contributed by atoms with E-state index >= 15 is 0 Å². The molecule has 1 amide bonds. The van der Waals surface area contributed by atoms with E-state index in [4.69, 9.17) is 9.84 Å². The Morgan fingerprint density at radius 2 is 1.81 bits per heavy atom. The SMILES string of the molecule is O=C(N[C@H](C(=O)C(Br)C(=O)O)C1CCC(F)(F)CC1)OCc1ccccc1. The molecule has 1 unspecified atom stereocenters. The smallest absolute Gasteiger partial charge is 0.408 e. The van der Waals surface area contributed by atoms with Crippen LogP contribution in [0.2, 0.25) is 0 Å². The van der Waals surface area contributed by atoms with Gasteiger partial charge in [0.1, 0.15) is 6.61 Å². The van der Waals surface area contributed by atoms with E-state index < -0.39 is 53.4 Å². The summed E-state index contributed by atoms with van der Waals surface area (Å²) >= 11 is 2.77. The number of ketones is 1. The number of alkyl carbamates (subject to hydrolysis) is 1. The molecular weight excluding hydrogens is 428 g/mol. The van der Waals surface area contributed by atoms with Gasteiger partial charge in [0.25, 0.3) is 0 Å². The summed E-state index contributed by atoms with van der Waals surface area (Å²) in [4.78, 5) is 34.1. The first-order chi connectivity index (χ1) is 12.7. The lowest BCUT2D eigenvalue weighted by molar-refractivity contribution is -0.140. The summed E-state index contributed by atoms with van der Waals surface area (Å²) < 4.78 is 31.9. The molecule has 1 fully saturated rings. The summed E-state index contributed by atoms with van der Waals surface area (Å²) in [5, 5.41) is 11.4. The van der Waals surface area contributed by atoms with Crippen LogP contribution in [0, 0.1) is 5.92 Å². The molecule has 2 N–H and O–H groups in total. The molecule has 1 aromatic carbocycles. The summed E-state index contributed by atoms with van der Waals surface area (Å²) in [6.45, 7) is -0.0347. The molecule has 0 aliphatic heterocycles.